The normalized spacial score (nSPS) is 26.1. The number of hydrogen-bond donors (Lipinski definition) is 0. The maximum Gasteiger partial charge on any atom is 0.0578 e. The molecule has 0 heterocycles. The average Bonchev–Trinajstić information content (AvgIpc) is 1.94. The van der Waals surface area contributed by atoms with E-state index in [1.165, 1.54) is 32.1 Å². The molecule has 1 heteroatoms. The molecule has 0 amide bonds. The lowest BCUT2D eigenvalue weighted by Gasteiger charge is -2.16. The molecule has 0 radical (unpaired) electrons. The quantitative estimate of drug-likeness (QED) is 0.556. The van der Waals surface area contributed by atoms with E-state index in [9.17, 15) is 0 Å². The summed E-state index contributed by atoms with van der Waals surface area (Å²) in [4.78, 5) is 0. The zero-order valence-corrected chi connectivity index (χ0v) is 7.38. The van der Waals surface area contributed by atoms with Crippen molar-refractivity contribution in [2.24, 2.45) is 0 Å². The maximum atomic E-state index is 5.58. The molecule has 1 nitrogen and oxygen atoms in total. The summed E-state index contributed by atoms with van der Waals surface area (Å²) in [5.41, 5.74) is 0. The molecule has 0 bridgehead atoms. The third kappa shape index (κ3) is 3.57. The second-order valence-electron chi connectivity index (χ2n) is 3.06. The molecule has 1 atom stereocenters. The van der Waals surface area contributed by atoms with Crippen LogP contribution in [0.15, 0.2) is 12.2 Å². The van der Waals surface area contributed by atoms with E-state index in [0.29, 0.717) is 6.10 Å². The molecule has 0 saturated carbocycles. The summed E-state index contributed by atoms with van der Waals surface area (Å²) in [7, 11) is 0. The predicted octanol–water partition coefficient (Wildman–Crippen LogP) is 2.91. The van der Waals surface area contributed by atoms with Gasteiger partial charge in [-0.1, -0.05) is 12.2 Å². The van der Waals surface area contributed by atoms with Crippen LogP contribution in [0, 0.1) is 0 Å². The van der Waals surface area contributed by atoms with E-state index < -0.39 is 0 Å². The Morgan fingerprint density at radius 3 is 2.91 bits per heavy atom. The van der Waals surface area contributed by atoms with Gasteiger partial charge in [0.2, 0.25) is 0 Å². The van der Waals surface area contributed by atoms with Crippen LogP contribution < -0.4 is 0 Å². The van der Waals surface area contributed by atoms with E-state index >= 15 is 0 Å². The van der Waals surface area contributed by atoms with Gasteiger partial charge in [0.05, 0.1) is 6.10 Å². The predicted molar refractivity (Wildman–Crippen MR) is 47.6 cm³/mol. The van der Waals surface area contributed by atoms with Crippen LogP contribution in [0.25, 0.3) is 0 Å². The molecule has 64 valence electrons. The zero-order valence-electron chi connectivity index (χ0n) is 7.38. The van der Waals surface area contributed by atoms with Crippen molar-refractivity contribution in [1.29, 1.82) is 0 Å². The Bertz CT molecular complexity index is 118. The van der Waals surface area contributed by atoms with Gasteiger partial charge < -0.3 is 4.74 Å². The van der Waals surface area contributed by atoms with Gasteiger partial charge in [0.25, 0.3) is 0 Å². The first-order chi connectivity index (χ1) is 5.43. The molecule has 1 aliphatic rings. The number of rotatable bonds is 2. The van der Waals surface area contributed by atoms with Gasteiger partial charge in [0.1, 0.15) is 0 Å². The lowest BCUT2D eigenvalue weighted by Crippen LogP contribution is -2.13. The summed E-state index contributed by atoms with van der Waals surface area (Å²) in [6, 6.07) is 0. The molecule has 0 aromatic carbocycles. The van der Waals surface area contributed by atoms with Gasteiger partial charge in [-0.3, -0.25) is 0 Å². The topological polar surface area (TPSA) is 9.23 Å². The minimum atomic E-state index is 0.532. The highest BCUT2D eigenvalue weighted by Crippen LogP contribution is 2.14. The summed E-state index contributed by atoms with van der Waals surface area (Å²) in [5, 5.41) is 0. The van der Waals surface area contributed by atoms with E-state index in [0.717, 1.165) is 6.61 Å². The van der Waals surface area contributed by atoms with Gasteiger partial charge in [-0.05, 0) is 39.0 Å². The molecular weight excluding hydrogens is 136 g/mol. The van der Waals surface area contributed by atoms with Crippen LogP contribution in [0.5, 0.6) is 0 Å². The molecule has 1 rings (SSSR count). The first kappa shape index (κ1) is 8.79. The highest BCUT2D eigenvalue weighted by molar-refractivity contribution is 4.85. The van der Waals surface area contributed by atoms with Crippen molar-refractivity contribution in [2.45, 2.75) is 45.1 Å². The van der Waals surface area contributed by atoms with Crippen molar-refractivity contribution >= 4 is 0 Å². The fraction of sp³-hybridized carbons (Fsp3) is 0.800. The van der Waals surface area contributed by atoms with Crippen LogP contribution in [0.3, 0.4) is 0 Å². The maximum absolute atomic E-state index is 5.58. The molecule has 0 aromatic rings. The van der Waals surface area contributed by atoms with Crippen molar-refractivity contribution in [3.8, 4) is 0 Å². The lowest BCUT2D eigenvalue weighted by atomic mass is 10.0. The first-order valence-electron chi connectivity index (χ1n) is 4.70. The van der Waals surface area contributed by atoms with Gasteiger partial charge in [0, 0.05) is 6.61 Å². The number of allylic oxidation sites excluding steroid dienone is 2. The van der Waals surface area contributed by atoms with Crippen LogP contribution in [0.1, 0.15) is 39.0 Å². The van der Waals surface area contributed by atoms with Crippen LogP contribution in [0.2, 0.25) is 0 Å². The molecule has 0 saturated heterocycles. The summed E-state index contributed by atoms with van der Waals surface area (Å²) in [6.07, 6.45) is 11.3. The lowest BCUT2D eigenvalue weighted by molar-refractivity contribution is 0.0496. The van der Waals surface area contributed by atoms with Crippen LogP contribution in [-0.4, -0.2) is 12.7 Å². The van der Waals surface area contributed by atoms with Crippen molar-refractivity contribution in [3.05, 3.63) is 12.2 Å². The number of hydrogen-bond acceptors (Lipinski definition) is 1. The molecule has 1 aliphatic carbocycles. The zero-order chi connectivity index (χ0) is 7.94. The molecule has 11 heavy (non-hydrogen) atoms. The molecule has 0 fully saturated rings. The minimum Gasteiger partial charge on any atom is -0.378 e. The van der Waals surface area contributed by atoms with Gasteiger partial charge in [-0.2, -0.15) is 0 Å². The second-order valence-corrected chi connectivity index (χ2v) is 3.06. The van der Waals surface area contributed by atoms with Gasteiger partial charge >= 0.3 is 0 Å². The van der Waals surface area contributed by atoms with E-state index in [4.69, 9.17) is 4.74 Å². The standard InChI is InChI=1S/C10H18O/c1-2-11-10-8-6-4-3-5-7-9-10/h3-4,10H,2,5-9H2,1H3. The van der Waals surface area contributed by atoms with E-state index in [2.05, 4.69) is 19.1 Å². The average molecular weight is 154 g/mol. The monoisotopic (exact) mass is 154 g/mol. The first-order valence-corrected chi connectivity index (χ1v) is 4.70. The summed E-state index contributed by atoms with van der Waals surface area (Å²) >= 11 is 0. The Morgan fingerprint density at radius 2 is 2.09 bits per heavy atom. The van der Waals surface area contributed by atoms with Crippen LogP contribution in [-0.2, 0) is 4.74 Å². The van der Waals surface area contributed by atoms with E-state index in [-0.39, 0.29) is 0 Å². The van der Waals surface area contributed by atoms with Crippen LogP contribution in [0.4, 0.5) is 0 Å². The Morgan fingerprint density at radius 1 is 1.27 bits per heavy atom. The molecule has 1 unspecified atom stereocenters. The highest BCUT2D eigenvalue weighted by atomic mass is 16.5. The fourth-order valence-electron chi connectivity index (χ4n) is 1.53. The molecule has 0 spiro atoms. The SMILES string of the molecule is CCOC1CCC=CCCC1. The van der Waals surface area contributed by atoms with Crippen molar-refractivity contribution < 1.29 is 4.74 Å². The summed E-state index contributed by atoms with van der Waals surface area (Å²) in [5.74, 6) is 0. The van der Waals surface area contributed by atoms with Crippen molar-refractivity contribution in [2.75, 3.05) is 6.61 Å². The second kappa shape index (κ2) is 5.36. The fourth-order valence-corrected chi connectivity index (χ4v) is 1.53. The smallest absolute Gasteiger partial charge is 0.0578 e. The van der Waals surface area contributed by atoms with Gasteiger partial charge in [-0.25, -0.2) is 0 Å². The van der Waals surface area contributed by atoms with Crippen LogP contribution >= 0.6 is 0 Å². The third-order valence-corrected chi connectivity index (χ3v) is 2.12. The van der Waals surface area contributed by atoms with E-state index in [1.807, 2.05) is 0 Å². The molecule has 0 aliphatic heterocycles. The molecule has 0 aromatic heterocycles. The van der Waals surface area contributed by atoms with Gasteiger partial charge in [0.15, 0.2) is 0 Å². The highest BCUT2D eigenvalue weighted by Gasteiger charge is 2.07. The van der Waals surface area contributed by atoms with Crippen molar-refractivity contribution in [1.82, 2.24) is 0 Å². The summed E-state index contributed by atoms with van der Waals surface area (Å²) < 4.78 is 5.58. The minimum absolute atomic E-state index is 0.532. The number of ether oxygens (including phenoxy) is 1. The third-order valence-electron chi connectivity index (χ3n) is 2.12. The Labute approximate surface area is 69.4 Å². The largest absolute Gasteiger partial charge is 0.378 e. The Hall–Kier alpha value is -0.300. The van der Waals surface area contributed by atoms with Crippen molar-refractivity contribution in [3.63, 3.8) is 0 Å². The molecular formula is C10H18O. The van der Waals surface area contributed by atoms with Gasteiger partial charge in [-0.15, -0.1) is 0 Å². The Kier molecular flexibility index (Phi) is 4.29. The Balaban J connectivity index is 2.24. The van der Waals surface area contributed by atoms with E-state index in [1.54, 1.807) is 0 Å². The molecule has 0 N–H and O–H groups in total. The summed E-state index contributed by atoms with van der Waals surface area (Å²) in [6.45, 7) is 2.95.